The van der Waals surface area contributed by atoms with Gasteiger partial charge in [-0.3, -0.25) is 0 Å². The quantitative estimate of drug-likeness (QED) is 0.614. The highest BCUT2D eigenvalue weighted by Gasteiger charge is 2.22. The van der Waals surface area contributed by atoms with Gasteiger partial charge in [0, 0.05) is 7.11 Å². The summed E-state index contributed by atoms with van der Waals surface area (Å²) in [5, 5.41) is 0. The molecule has 0 aromatic heterocycles. The molecular formula is C23H36O2. The molecule has 2 heteroatoms. The maximum Gasteiger partial charge on any atom is 0.0805 e. The third-order valence-electron chi connectivity index (χ3n) is 6.41. The van der Waals surface area contributed by atoms with Crippen molar-refractivity contribution in [2.75, 3.05) is 13.7 Å². The van der Waals surface area contributed by atoms with Crippen LogP contribution in [0.5, 0.6) is 0 Å². The van der Waals surface area contributed by atoms with Crippen LogP contribution in [-0.4, -0.2) is 25.9 Å². The minimum atomic E-state index is 0.308. The molecule has 1 aromatic rings. The second-order valence-electron chi connectivity index (χ2n) is 8.18. The molecule has 2 unspecified atom stereocenters. The van der Waals surface area contributed by atoms with E-state index in [1.165, 1.54) is 44.1 Å². The highest BCUT2D eigenvalue weighted by molar-refractivity contribution is 5.26. The van der Waals surface area contributed by atoms with Gasteiger partial charge in [0.2, 0.25) is 0 Å². The molecule has 1 aliphatic carbocycles. The molecule has 0 amide bonds. The molecule has 1 saturated carbocycles. The summed E-state index contributed by atoms with van der Waals surface area (Å²) >= 11 is 0. The van der Waals surface area contributed by atoms with Gasteiger partial charge in [0.1, 0.15) is 0 Å². The van der Waals surface area contributed by atoms with Crippen LogP contribution in [0.3, 0.4) is 0 Å². The van der Waals surface area contributed by atoms with Gasteiger partial charge in [-0.05, 0) is 74.3 Å². The van der Waals surface area contributed by atoms with E-state index in [2.05, 4.69) is 31.2 Å². The third-order valence-corrected chi connectivity index (χ3v) is 6.41. The Morgan fingerprint density at radius 3 is 2.32 bits per heavy atom. The number of ether oxygens (including phenoxy) is 2. The SMILES string of the molecule is CCCC1CCC(c2ccc(CCC3CCC(OC)CO3)cc2)CC1. The monoisotopic (exact) mass is 344 g/mol. The second kappa shape index (κ2) is 9.73. The molecule has 0 radical (unpaired) electrons. The second-order valence-corrected chi connectivity index (χ2v) is 8.18. The summed E-state index contributed by atoms with van der Waals surface area (Å²) in [5.41, 5.74) is 3.02. The van der Waals surface area contributed by atoms with E-state index < -0.39 is 0 Å². The van der Waals surface area contributed by atoms with Crippen LogP contribution in [0.4, 0.5) is 0 Å². The number of rotatable bonds is 7. The molecule has 1 saturated heterocycles. The van der Waals surface area contributed by atoms with Gasteiger partial charge < -0.3 is 9.47 Å². The van der Waals surface area contributed by atoms with Gasteiger partial charge in [-0.1, -0.05) is 44.0 Å². The lowest BCUT2D eigenvalue weighted by atomic mass is 9.77. The summed E-state index contributed by atoms with van der Waals surface area (Å²) in [6, 6.07) is 9.49. The van der Waals surface area contributed by atoms with Crippen molar-refractivity contribution in [2.24, 2.45) is 5.92 Å². The minimum absolute atomic E-state index is 0.308. The molecule has 2 nitrogen and oxygen atoms in total. The summed E-state index contributed by atoms with van der Waals surface area (Å²) in [7, 11) is 1.78. The van der Waals surface area contributed by atoms with E-state index >= 15 is 0 Å². The summed E-state index contributed by atoms with van der Waals surface area (Å²) in [6.45, 7) is 3.08. The summed E-state index contributed by atoms with van der Waals surface area (Å²) in [5.74, 6) is 1.79. The first-order valence-electron chi connectivity index (χ1n) is 10.5. The Labute approximate surface area is 154 Å². The number of methoxy groups -OCH3 is 1. The van der Waals surface area contributed by atoms with Crippen LogP contribution in [-0.2, 0) is 15.9 Å². The Bertz CT molecular complexity index is 479. The number of benzene rings is 1. The van der Waals surface area contributed by atoms with Crippen molar-refractivity contribution < 1.29 is 9.47 Å². The van der Waals surface area contributed by atoms with E-state index in [0.717, 1.165) is 44.1 Å². The summed E-state index contributed by atoms with van der Waals surface area (Å²) < 4.78 is 11.3. The molecule has 0 bridgehead atoms. The van der Waals surface area contributed by atoms with E-state index in [9.17, 15) is 0 Å². The highest BCUT2D eigenvalue weighted by atomic mass is 16.5. The Hall–Kier alpha value is -0.860. The number of hydrogen-bond donors (Lipinski definition) is 0. The van der Waals surface area contributed by atoms with E-state index in [4.69, 9.17) is 9.47 Å². The van der Waals surface area contributed by atoms with Crippen LogP contribution < -0.4 is 0 Å². The van der Waals surface area contributed by atoms with Crippen molar-refractivity contribution in [1.29, 1.82) is 0 Å². The first-order chi connectivity index (χ1) is 12.3. The molecule has 2 atom stereocenters. The van der Waals surface area contributed by atoms with Gasteiger partial charge in [0.25, 0.3) is 0 Å². The molecule has 2 fully saturated rings. The maximum absolute atomic E-state index is 5.93. The Morgan fingerprint density at radius 2 is 1.72 bits per heavy atom. The van der Waals surface area contributed by atoms with Gasteiger partial charge in [-0.15, -0.1) is 0 Å². The van der Waals surface area contributed by atoms with Crippen LogP contribution in [0.2, 0.25) is 0 Å². The van der Waals surface area contributed by atoms with E-state index in [0.29, 0.717) is 12.2 Å². The average molecular weight is 345 g/mol. The largest absolute Gasteiger partial charge is 0.379 e. The highest BCUT2D eigenvalue weighted by Crippen LogP contribution is 2.37. The Kier molecular flexibility index (Phi) is 7.36. The van der Waals surface area contributed by atoms with Crippen LogP contribution in [0, 0.1) is 5.92 Å². The van der Waals surface area contributed by atoms with Crippen molar-refractivity contribution in [3.63, 3.8) is 0 Å². The molecule has 1 aliphatic heterocycles. The van der Waals surface area contributed by atoms with E-state index in [1.807, 2.05) is 0 Å². The van der Waals surface area contributed by atoms with E-state index in [-0.39, 0.29) is 0 Å². The zero-order valence-corrected chi connectivity index (χ0v) is 16.2. The molecule has 0 spiro atoms. The third kappa shape index (κ3) is 5.56. The minimum Gasteiger partial charge on any atom is -0.379 e. The molecule has 3 rings (SSSR count). The molecule has 0 N–H and O–H groups in total. The van der Waals surface area contributed by atoms with Gasteiger partial charge in [0.15, 0.2) is 0 Å². The van der Waals surface area contributed by atoms with E-state index in [1.54, 1.807) is 12.7 Å². The Morgan fingerprint density at radius 1 is 0.960 bits per heavy atom. The lowest BCUT2D eigenvalue weighted by molar-refractivity contribution is -0.0730. The zero-order chi connectivity index (χ0) is 17.5. The smallest absolute Gasteiger partial charge is 0.0805 e. The standard InChI is InChI=1S/C23H36O2/c1-3-4-18-5-10-20(11-6-18)21-12-7-19(8-13-21)9-14-22-15-16-23(24-2)17-25-22/h7-8,12-13,18,20,22-23H,3-6,9-11,14-17H2,1-2H3. The van der Waals surface area contributed by atoms with Crippen LogP contribution >= 0.6 is 0 Å². The Balaban J connectivity index is 1.42. The fourth-order valence-electron chi connectivity index (χ4n) is 4.67. The van der Waals surface area contributed by atoms with Crippen molar-refractivity contribution >= 4 is 0 Å². The summed E-state index contributed by atoms with van der Waals surface area (Å²) in [6.07, 6.45) is 13.7. The average Bonchev–Trinajstić information content (AvgIpc) is 2.68. The molecule has 1 aromatic carbocycles. The predicted molar refractivity (Wildman–Crippen MR) is 104 cm³/mol. The lowest BCUT2D eigenvalue weighted by Crippen LogP contribution is -2.30. The maximum atomic E-state index is 5.93. The summed E-state index contributed by atoms with van der Waals surface area (Å²) in [4.78, 5) is 0. The van der Waals surface area contributed by atoms with Crippen LogP contribution in [0.25, 0.3) is 0 Å². The molecule has 1 heterocycles. The van der Waals surface area contributed by atoms with Crippen molar-refractivity contribution in [2.45, 2.75) is 89.3 Å². The zero-order valence-electron chi connectivity index (χ0n) is 16.2. The molecule has 2 aliphatic rings. The van der Waals surface area contributed by atoms with Gasteiger partial charge >= 0.3 is 0 Å². The first kappa shape index (κ1) is 18.9. The predicted octanol–water partition coefficient (Wildman–Crippen LogP) is 5.89. The van der Waals surface area contributed by atoms with Gasteiger partial charge in [0.05, 0.1) is 18.8 Å². The first-order valence-corrected chi connectivity index (χ1v) is 10.5. The number of aryl methyl sites for hydroxylation is 1. The van der Waals surface area contributed by atoms with Crippen molar-refractivity contribution in [3.8, 4) is 0 Å². The van der Waals surface area contributed by atoms with Crippen molar-refractivity contribution in [3.05, 3.63) is 35.4 Å². The van der Waals surface area contributed by atoms with Crippen LogP contribution in [0.15, 0.2) is 24.3 Å². The number of hydrogen-bond acceptors (Lipinski definition) is 2. The lowest BCUT2D eigenvalue weighted by Gasteiger charge is -2.29. The fraction of sp³-hybridized carbons (Fsp3) is 0.739. The van der Waals surface area contributed by atoms with Gasteiger partial charge in [-0.25, -0.2) is 0 Å². The van der Waals surface area contributed by atoms with Crippen LogP contribution in [0.1, 0.15) is 81.8 Å². The molecule has 25 heavy (non-hydrogen) atoms. The topological polar surface area (TPSA) is 18.5 Å². The fourth-order valence-corrected chi connectivity index (χ4v) is 4.67. The van der Waals surface area contributed by atoms with Gasteiger partial charge in [-0.2, -0.15) is 0 Å². The molecule has 140 valence electrons. The van der Waals surface area contributed by atoms with Crippen molar-refractivity contribution in [1.82, 2.24) is 0 Å². The normalized spacial score (nSPS) is 30.3. The molecular weight excluding hydrogens is 308 g/mol.